The SMILES string of the molecule is CCCSCC(C#N)(SCCC)C(=O)c1ccc([N+](=O)[O-])cc1. The summed E-state index contributed by atoms with van der Waals surface area (Å²) < 4.78 is -1.13. The lowest BCUT2D eigenvalue weighted by Crippen LogP contribution is -2.37. The second-order valence-corrected chi connectivity index (χ2v) is 7.47. The Balaban J connectivity index is 3.05. The molecule has 0 spiro atoms. The van der Waals surface area contributed by atoms with Crippen molar-refractivity contribution in [3.8, 4) is 6.07 Å². The summed E-state index contributed by atoms with van der Waals surface area (Å²) in [4.78, 5) is 23.1. The Morgan fingerprint density at radius 2 is 1.87 bits per heavy atom. The number of ketones is 1. The van der Waals surface area contributed by atoms with E-state index >= 15 is 0 Å². The van der Waals surface area contributed by atoms with Gasteiger partial charge in [0.1, 0.15) is 0 Å². The van der Waals surface area contributed by atoms with E-state index in [0.29, 0.717) is 11.3 Å². The molecule has 0 aliphatic rings. The summed E-state index contributed by atoms with van der Waals surface area (Å²) in [6, 6.07) is 7.68. The zero-order valence-corrected chi connectivity index (χ0v) is 14.9. The number of thioether (sulfide) groups is 2. The maximum Gasteiger partial charge on any atom is 0.269 e. The van der Waals surface area contributed by atoms with E-state index in [2.05, 4.69) is 13.0 Å². The molecule has 0 saturated carbocycles. The van der Waals surface area contributed by atoms with Crippen LogP contribution in [0.5, 0.6) is 0 Å². The molecule has 0 bridgehead atoms. The second kappa shape index (κ2) is 9.58. The van der Waals surface area contributed by atoms with E-state index in [0.717, 1.165) is 24.3 Å². The number of benzene rings is 1. The van der Waals surface area contributed by atoms with Crippen molar-refractivity contribution in [3.05, 3.63) is 39.9 Å². The standard InChI is InChI=1S/C16H20N2O3S2/c1-3-9-22-12-16(11-17,23-10-4-2)15(19)13-5-7-14(8-6-13)18(20)21/h5-8H,3-4,9-10,12H2,1-2H3. The highest BCUT2D eigenvalue weighted by molar-refractivity contribution is 8.04. The van der Waals surface area contributed by atoms with Crippen LogP contribution in [0.1, 0.15) is 37.0 Å². The summed E-state index contributed by atoms with van der Waals surface area (Å²) in [6.07, 6.45) is 1.86. The lowest BCUT2D eigenvalue weighted by atomic mass is 9.99. The quantitative estimate of drug-likeness (QED) is 0.270. The molecule has 0 radical (unpaired) electrons. The fraction of sp³-hybridized carbons (Fsp3) is 0.500. The molecule has 0 saturated heterocycles. The minimum Gasteiger partial charge on any atom is -0.291 e. The molecule has 1 atom stereocenters. The molecule has 0 aromatic heterocycles. The molecule has 23 heavy (non-hydrogen) atoms. The first-order valence-electron chi connectivity index (χ1n) is 7.43. The van der Waals surface area contributed by atoms with Crippen molar-refractivity contribution in [3.63, 3.8) is 0 Å². The van der Waals surface area contributed by atoms with Gasteiger partial charge < -0.3 is 0 Å². The molecule has 1 rings (SSSR count). The molecule has 0 aliphatic carbocycles. The van der Waals surface area contributed by atoms with Gasteiger partial charge >= 0.3 is 0 Å². The number of nitriles is 1. The number of hydrogen-bond donors (Lipinski definition) is 0. The van der Waals surface area contributed by atoms with Gasteiger partial charge in [0.15, 0.2) is 10.5 Å². The van der Waals surface area contributed by atoms with Crippen molar-refractivity contribution < 1.29 is 9.72 Å². The van der Waals surface area contributed by atoms with Crippen molar-refractivity contribution in [2.45, 2.75) is 31.4 Å². The van der Waals surface area contributed by atoms with Crippen LogP contribution in [-0.2, 0) is 0 Å². The minimum absolute atomic E-state index is 0.0642. The van der Waals surface area contributed by atoms with E-state index in [9.17, 15) is 20.2 Å². The van der Waals surface area contributed by atoms with Crippen LogP contribution in [0, 0.1) is 21.4 Å². The third-order valence-electron chi connectivity index (χ3n) is 3.09. The predicted octanol–water partition coefficient (Wildman–Crippen LogP) is 4.33. The highest BCUT2D eigenvalue weighted by Crippen LogP contribution is 2.33. The number of carbonyl (C=O) groups excluding carboxylic acids is 1. The van der Waals surface area contributed by atoms with Crippen molar-refractivity contribution >= 4 is 35.0 Å². The highest BCUT2D eigenvalue weighted by Gasteiger charge is 2.39. The van der Waals surface area contributed by atoms with Gasteiger partial charge in [-0.1, -0.05) is 13.8 Å². The van der Waals surface area contributed by atoms with Crippen molar-refractivity contribution in [1.29, 1.82) is 5.26 Å². The van der Waals surface area contributed by atoms with E-state index in [4.69, 9.17) is 0 Å². The van der Waals surface area contributed by atoms with E-state index in [-0.39, 0.29) is 11.5 Å². The van der Waals surface area contributed by atoms with Gasteiger partial charge in [0.25, 0.3) is 5.69 Å². The Kier molecular flexibility index (Phi) is 8.13. The monoisotopic (exact) mass is 352 g/mol. The number of Topliss-reactive ketones (excluding diaryl/α,β-unsaturated/α-hetero) is 1. The number of hydrogen-bond acceptors (Lipinski definition) is 6. The van der Waals surface area contributed by atoms with Crippen LogP contribution < -0.4 is 0 Å². The maximum atomic E-state index is 12.9. The fourth-order valence-electron chi connectivity index (χ4n) is 1.89. The van der Waals surface area contributed by atoms with Gasteiger partial charge in [-0.15, -0.1) is 11.8 Å². The van der Waals surface area contributed by atoms with Crippen LogP contribution in [0.3, 0.4) is 0 Å². The average molecular weight is 352 g/mol. The Hall–Kier alpha value is -1.52. The summed E-state index contributed by atoms with van der Waals surface area (Å²) in [5.74, 6) is 1.78. The third kappa shape index (κ3) is 5.26. The highest BCUT2D eigenvalue weighted by atomic mass is 32.2. The van der Waals surface area contributed by atoms with Crippen molar-refractivity contribution in [1.82, 2.24) is 0 Å². The molecule has 0 N–H and O–H groups in total. The zero-order valence-electron chi connectivity index (χ0n) is 13.3. The van der Waals surface area contributed by atoms with Crippen LogP contribution in [0.2, 0.25) is 0 Å². The zero-order chi connectivity index (χ0) is 17.3. The normalized spacial score (nSPS) is 13.1. The number of nitrogens with zero attached hydrogens (tertiary/aromatic N) is 2. The lowest BCUT2D eigenvalue weighted by Gasteiger charge is -2.24. The second-order valence-electron chi connectivity index (χ2n) is 4.97. The summed E-state index contributed by atoms with van der Waals surface area (Å²) in [7, 11) is 0. The Bertz CT molecular complexity index is 584. The molecule has 1 aromatic rings. The molecule has 0 heterocycles. The molecule has 0 amide bonds. The average Bonchev–Trinajstić information content (AvgIpc) is 2.57. The molecular formula is C16H20N2O3S2. The lowest BCUT2D eigenvalue weighted by molar-refractivity contribution is -0.384. The number of rotatable bonds is 10. The van der Waals surface area contributed by atoms with Crippen LogP contribution in [0.25, 0.3) is 0 Å². The van der Waals surface area contributed by atoms with Gasteiger partial charge in [-0.3, -0.25) is 14.9 Å². The van der Waals surface area contributed by atoms with E-state index in [1.165, 1.54) is 36.0 Å². The van der Waals surface area contributed by atoms with Gasteiger partial charge in [-0.25, -0.2) is 0 Å². The third-order valence-corrected chi connectivity index (χ3v) is 6.14. The Labute approximate surface area is 145 Å². The number of carbonyl (C=O) groups is 1. The first-order chi connectivity index (χ1) is 11.0. The predicted molar refractivity (Wildman–Crippen MR) is 96.1 cm³/mol. The summed E-state index contributed by atoms with van der Waals surface area (Å²) >= 11 is 2.96. The Morgan fingerprint density at radius 1 is 1.26 bits per heavy atom. The van der Waals surface area contributed by atoms with Crippen LogP contribution in [-0.4, -0.2) is 32.7 Å². The number of nitro benzene ring substituents is 1. The molecule has 1 unspecified atom stereocenters. The van der Waals surface area contributed by atoms with E-state index < -0.39 is 9.67 Å². The molecule has 0 aliphatic heterocycles. The molecule has 124 valence electrons. The minimum atomic E-state index is -1.13. The molecule has 0 fully saturated rings. The van der Waals surface area contributed by atoms with Gasteiger partial charge in [0.05, 0.1) is 11.0 Å². The topological polar surface area (TPSA) is 84.0 Å². The van der Waals surface area contributed by atoms with Crippen molar-refractivity contribution in [2.24, 2.45) is 0 Å². The smallest absolute Gasteiger partial charge is 0.269 e. The molecule has 1 aromatic carbocycles. The van der Waals surface area contributed by atoms with Gasteiger partial charge in [0, 0.05) is 23.4 Å². The van der Waals surface area contributed by atoms with Crippen LogP contribution >= 0.6 is 23.5 Å². The number of nitro groups is 1. The fourth-order valence-corrected chi connectivity index (χ4v) is 4.26. The molecule has 7 heteroatoms. The van der Waals surface area contributed by atoms with Crippen LogP contribution in [0.15, 0.2) is 24.3 Å². The number of non-ortho nitro benzene ring substituents is 1. The van der Waals surface area contributed by atoms with Gasteiger partial charge in [0.2, 0.25) is 0 Å². The van der Waals surface area contributed by atoms with E-state index in [1.807, 2.05) is 6.92 Å². The summed E-state index contributed by atoms with van der Waals surface area (Å²) in [5.41, 5.74) is 0.281. The first-order valence-corrected chi connectivity index (χ1v) is 9.57. The maximum absolute atomic E-state index is 12.9. The summed E-state index contributed by atoms with van der Waals surface area (Å²) in [6.45, 7) is 4.06. The molecular weight excluding hydrogens is 332 g/mol. The Morgan fingerprint density at radius 3 is 2.35 bits per heavy atom. The van der Waals surface area contributed by atoms with E-state index in [1.54, 1.807) is 11.8 Å². The molecule has 5 nitrogen and oxygen atoms in total. The largest absolute Gasteiger partial charge is 0.291 e. The van der Waals surface area contributed by atoms with Gasteiger partial charge in [-0.2, -0.15) is 17.0 Å². The van der Waals surface area contributed by atoms with Crippen LogP contribution in [0.4, 0.5) is 5.69 Å². The van der Waals surface area contributed by atoms with Crippen molar-refractivity contribution in [2.75, 3.05) is 17.3 Å². The summed E-state index contributed by atoms with van der Waals surface area (Å²) in [5, 5.41) is 20.4. The van der Waals surface area contributed by atoms with Gasteiger partial charge in [-0.05, 0) is 36.5 Å². The first kappa shape index (κ1) is 19.5.